The van der Waals surface area contributed by atoms with Gasteiger partial charge in [0.1, 0.15) is 17.5 Å². The molecule has 1 heterocycles. The van der Waals surface area contributed by atoms with E-state index in [1.54, 1.807) is 0 Å². The number of rotatable bonds is 6. The number of carbonyl (C=O) groups is 1. The van der Waals surface area contributed by atoms with Crippen LogP contribution in [0.25, 0.3) is 0 Å². The maximum Gasteiger partial charge on any atom is 0.236 e. The Balaban J connectivity index is 2.26. The van der Waals surface area contributed by atoms with Crippen molar-refractivity contribution in [3.8, 4) is 0 Å². The molecule has 98 valence electrons. The number of amides is 1. The van der Waals surface area contributed by atoms with Crippen molar-refractivity contribution < 1.29 is 4.79 Å². The zero-order valence-electron chi connectivity index (χ0n) is 10.8. The molecule has 1 amide bonds. The molecule has 6 nitrogen and oxygen atoms in total. The molecule has 0 radical (unpaired) electrons. The van der Waals surface area contributed by atoms with Gasteiger partial charge in [-0.1, -0.05) is 0 Å². The summed E-state index contributed by atoms with van der Waals surface area (Å²) < 4.78 is 0. The third-order valence-electron chi connectivity index (χ3n) is 2.88. The van der Waals surface area contributed by atoms with Gasteiger partial charge in [-0.25, -0.2) is 9.97 Å². The Labute approximate surface area is 106 Å². The van der Waals surface area contributed by atoms with Crippen molar-refractivity contribution in [2.24, 2.45) is 5.73 Å². The molecule has 0 saturated heterocycles. The van der Waals surface area contributed by atoms with Gasteiger partial charge < -0.3 is 16.4 Å². The molecule has 1 aliphatic rings. The van der Waals surface area contributed by atoms with E-state index in [1.807, 2.05) is 13.8 Å². The van der Waals surface area contributed by atoms with Crippen LogP contribution in [0.4, 0.5) is 11.6 Å². The normalized spacial score (nSPS) is 14.3. The molecule has 0 spiro atoms. The molecule has 6 heteroatoms. The molecular weight excluding hydrogens is 230 g/mol. The summed E-state index contributed by atoms with van der Waals surface area (Å²) in [6, 6.07) is 0. The van der Waals surface area contributed by atoms with Crippen LogP contribution in [0.2, 0.25) is 0 Å². The van der Waals surface area contributed by atoms with Gasteiger partial charge in [-0.2, -0.15) is 0 Å². The number of nitrogens with two attached hydrogens (primary N) is 1. The minimum Gasteiger partial charge on any atom is -0.370 e. The lowest BCUT2D eigenvalue weighted by Gasteiger charge is -2.13. The van der Waals surface area contributed by atoms with Gasteiger partial charge >= 0.3 is 0 Å². The monoisotopic (exact) mass is 249 g/mol. The van der Waals surface area contributed by atoms with E-state index >= 15 is 0 Å². The summed E-state index contributed by atoms with van der Waals surface area (Å²) in [5.74, 6) is 2.45. The summed E-state index contributed by atoms with van der Waals surface area (Å²) >= 11 is 0. The van der Waals surface area contributed by atoms with Crippen molar-refractivity contribution in [3.05, 3.63) is 11.4 Å². The molecule has 4 N–H and O–H groups in total. The highest BCUT2D eigenvalue weighted by molar-refractivity contribution is 5.79. The second-order valence-corrected chi connectivity index (χ2v) is 4.53. The molecule has 1 aromatic heterocycles. The van der Waals surface area contributed by atoms with Gasteiger partial charge in [-0.15, -0.1) is 0 Å². The fourth-order valence-corrected chi connectivity index (χ4v) is 1.74. The number of carbonyl (C=O) groups excluding carboxylic acids is 1. The van der Waals surface area contributed by atoms with Crippen LogP contribution in [0, 0.1) is 6.92 Å². The molecule has 0 atom stereocenters. The predicted octanol–water partition coefficient (Wildman–Crippen LogP) is 0.991. The predicted molar refractivity (Wildman–Crippen MR) is 70.6 cm³/mol. The Hall–Kier alpha value is -1.85. The molecule has 1 fully saturated rings. The summed E-state index contributed by atoms with van der Waals surface area (Å²) in [5, 5.41) is 6.19. The average Bonchev–Trinajstić information content (AvgIpc) is 3.14. The number of hydrogen-bond acceptors (Lipinski definition) is 5. The Morgan fingerprint density at radius 2 is 1.94 bits per heavy atom. The molecule has 0 unspecified atom stereocenters. The van der Waals surface area contributed by atoms with Gasteiger partial charge in [0.25, 0.3) is 0 Å². The molecule has 1 saturated carbocycles. The smallest absolute Gasteiger partial charge is 0.236 e. The molecule has 18 heavy (non-hydrogen) atoms. The summed E-state index contributed by atoms with van der Waals surface area (Å²) in [6.45, 7) is 4.84. The Bertz CT molecular complexity index is 456. The van der Waals surface area contributed by atoms with Crippen LogP contribution < -0.4 is 16.4 Å². The number of aromatic nitrogens is 2. The van der Waals surface area contributed by atoms with Gasteiger partial charge in [-0.05, 0) is 26.7 Å². The second kappa shape index (κ2) is 5.20. The third kappa shape index (κ3) is 2.88. The number of nitrogens with zero attached hydrogens (tertiary/aromatic N) is 2. The number of nitrogens with one attached hydrogen (secondary N) is 2. The van der Waals surface area contributed by atoms with E-state index in [0.717, 1.165) is 36.6 Å². The Kier molecular flexibility index (Phi) is 3.64. The maximum atomic E-state index is 10.8. The zero-order chi connectivity index (χ0) is 13.1. The highest BCUT2D eigenvalue weighted by Gasteiger charge is 2.28. The van der Waals surface area contributed by atoms with Crippen molar-refractivity contribution in [1.29, 1.82) is 0 Å². The van der Waals surface area contributed by atoms with E-state index < -0.39 is 5.91 Å². The van der Waals surface area contributed by atoms with Crippen LogP contribution in [-0.4, -0.2) is 29.0 Å². The van der Waals surface area contributed by atoms with Crippen LogP contribution in [0.3, 0.4) is 0 Å². The Morgan fingerprint density at radius 3 is 2.44 bits per heavy atom. The van der Waals surface area contributed by atoms with E-state index in [9.17, 15) is 4.79 Å². The molecular formula is C12H19N5O. The molecule has 0 bridgehead atoms. The first-order valence-corrected chi connectivity index (χ1v) is 6.26. The quantitative estimate of drug-likeness (QED) is 0.699. The number of primary amides is 1. The van der Waals surface area contributed by atoms with Crippen LogP contribution in [0.15, 0.2) is 0 Å². The maximum absolute atomic E-state index is 10.8. The first kappa shape index (κ1) is 12.6. The van der Waals surface area contributed by atoms with E-state index in [4.69, 9.17) is 5.73 Å². The average molecular weight is 249 g/mol. The largest absolute Gasteiger partial charge is 0.370 e. The molecule has 1 aromatic rings. The van der Waals surface area contributed by atoms with Crippen LogP contribution in [0.1, 0.15) is 37.1 Å². The van der Waals surface area contributed by atoms with Crippen molar-refractivity contribution in [2.75, 3.05) is 23.7 Å². The topological polar surface area (TPSA) is 92.9 Å². The van der Waals surface area contributed by atoms with Crippen LogP contribution in [-0.2, 0) is 4.79 Å². The third-order valence-corrected chi connectivity index (χ3v) is 2.88. The van der Waals surface area contributed by atoms with Gasteiger partial charge in [0.05, 0.1) is 6.54 Å². The molecule has 0 aromatic carbocycles. The second-order valence-electron chi connectivity index (χ2n) is 4.53. The van der Waals surface area contributed by atoms with E-state index in [0.29, 0.717) is 11.7 Å². The fourth-order valence-electron chi connectivity index (χ4n) is 1.74. The molecule has 0 aliphatic heterocycles. The number of hydrogen-bond donors (Lipinski definition) is 3. The van der Waals surface area contributed by atoms with Gasteiger partial charge in [0.15, 0.2) is 0 Å². The van der Waals surface area contributed by atoms with E-state index in [1.165, 1.54) is 0 Å². The molecule has 2 rings (SSSR count). The number of anilines is 2. The summed E-state index contributed by atoms with van der Waals surface area (Å²) in [7, 11) is 0. The first-order chi connectivity index (χ1) is 8.61. The minimum atomic E-state index is -0.397. The standard InChI is InChI=1S/C12H19N5O/c1-3-14-10-7(2)11(15-6-9(13)18)17-12(16-10)8-4-5-8/h8H,3-6H2,1-2H3,(H2,13,18)(H2,14,15,16,17). The summed E-state index contributed by atoms with van der Waals surface area (Å²) in [6.07, 6.45) is 2.29. The van der Waals surface area contributed by atoms with E-state index in [2.05, 4.69) is 20.6 Å². The lowest BCUT2D eigenvalue weighted by atomic mass is 10.2. The lowest BCUT2D eigenvalue weighted by Crippen LogP contribution is -2.23. The van der Waals surface area contributed by atoms with E-state index in [-0.39, 0.29) is 6.54 Å². The van der Waals surface area contributed by atoms with Crippen molar-refractivity contribution >= 4 is 17.5 Å². The lowest BCUT2D eigenvalue weighted by molar-refractivity contribution is -0.116. The minimum absolute atomic E-state index is 0.0908. The van der Waals surface area contributed by atoms with Gasteiger partial charge in [-0.3, -0.25) is 4.79 Å². The molecule has 1 aliphatic carbocycles. The Morgan fingerprint density at radius 1 is 1.33 bits per heavy atom. The van der Waals surface area contributed by atoms with Crippen LogP contribution >= 0.6 is 0 Å². The summed E-state index contributed by atoms with van der Waals surface area (Å²) in [4.78, 5) is 19.8. The first-order valence-electron chi connectivity index (χ1n) is 6.26. The van der Waals surface area contributed by atoms with Crippen molar-refractivity contribution in [1.82, 2.24) is 9.97 Å². The van der Waals surface area contributed by atoms with Gasteiger partial charge in [0, 0.05) is 18.0 Å². The SMILES string of the molecule is CCNc1nc(C2CC2)nc(NCC(N)=O)c1C. The highest BCUT2D eigenvalue weighted by atomic mass is 16.1. The fraction of sp³-hybridized carbons (Fsp3) is 0.583. The highest BCUT2D eigenvalue weighted by Crippen LogP contribution is 2.39. The van der Waals surface area contributed by atoms with Gasteiger partial charge in [0.2, 0.25) is 5.91 Å². The van der Waals surface area contributed by atoms with Crippen LogP contribution in [0.5, 0.6) is 0 Å². The van der Waals surface area contributed by atoms with Crippen molar-refractivity contribution in [3.63, 3.8) is 0 Å². The van der Waals surface area contributed by atoms with Crippen molar-refractivity contribution in [2.45, 2.75) is 32.6 Å². The summed E-state index contributed by atoms with van der Waals surface area (Å²) in [5.41, 5.74) is 6.06. The zero-order valence-corrected chi connectivity index (χ0v) is 10.8.